The lowest BCUT2D eigenvalue weighted by Gasteiger charge is -2.35. The van der Waals surface area contributed by atoms with Crippen molar-refractivity contribution >= 4 is 0 Å². The summed E-state index contributed by atoms with van der Waals surface area (Å²) in [5.41, 5.74) is 0. The SMILES string of the molecule is CC(C)CCCNC1CCN(C)CC1C. The van der Waals surface area contributed by atoms with E-state index < -0.39 is 0 Å². The van der Waals surface area contributed by atoms with Crippen LogP contribution in [0.1, 0.15) is 40.0 Å². The van der Waals surface area contributed by atoms with Crippen LogP contribution in [-0.4, -0.2) is 37.6 Å². The van der Waals surface area contributed by atoms with Crippen LogP contribution in [-0.2, 0) is 0 Å². The summed E-state index contributed by atoms with van der Waals surface area (Å²) in [6, 6.07) is 0.758. The summed E-state index contributed by atoms with van der Waals surface area (Å²) < 4.78 is 0. The highest BCUT2D eigenvalue weighted by molar-refractivity contribution is 4.81. The van der Waals surface area contributed by atoms with E-state index in [1.807, 2.05) is 0 Å². The fourth-order valence-electron chi connectivity index (χ4n) is 2.46. The molecule has 0 spiro atoms. The highest BCUT2D eigenvalue weighted by Crippen LogP contribution is 2.15. The Kier molecular flexibility index (Phi) is 5.62. The number of hydrogen-bond acceptors (Lipinski definition) is 2. The van der Waals surface area contributed by atoms with E-state index in [9.17, 15) is 0 Å². The molecule has 1 aliphatic heterocycles. The van der Waals surface area contributed by atoms with Gasteiger partial charge in [-0.05, 0) is 51.2 Å². The van der Waals surface area contributed by atoms with Gasteiger partial charge in [-0.15, -0.1) is 0 Å². The van der Waals surface area contributed by atoms with Crippen molar-refractivity contribution in [3.63, 3.8) is 0 Å². The number of piperidine rings is 1. The van der Waals surface area contributed by atoms with Crippen molar-refractivity contribution in [2.24, 2.45) is 11.8 Å². The second-order valence-electron chi connectivity index (χ2n) is 5.62. The van der Waals surface area contributed by atoms with Crippen molar-refractivity contribution in [3.05, 3.63) is 0 Å². The number of hydrogen-bond donors (Lipinski definition) is 1. The zero-order valence-corrected chi connectivity index (χ0v) is 10.9. The molecule has 0 aromatic rings. The number of likely N-dealkylation sites (tertiary alicyclic amines) is 1. The first-order valence-electron chi connectivity index (χ1n) is 6.51. The summed E-state index contributed by atoms with van der Waals surface area (Å²) in [7, 11) is 2.23. The largest absolute Gasteiger partial charge is 0.314 e. The van der Waals surface area contributed by atoms with Gasteiger partial charge in [0.05, 0.1) is 0 Å². The maximum absolute atomic E-state index is 3.72. The van der Waals surface area contributed by atoms with Crippen molar-refractivity contribution in [1.29, 1.82) is 0 Å². The van der Waals surface area contributed by atoms with Crippen molar-refractivity contribution in [2.45, 2.75) is 46.1 Å². The standard InChI is InChI=1S/C13H28N2/c1-11(2)6-5-8-14-13-7-9-15(4)10-12(13)3/h11-14H,5-10H2,1-4H3. The molecular weight excluding hydrogens is 184 g/mol. The molecule has 0 saturated carbocycles. The number of nitrogens with zero attached hydrogens (tertiary/aromatic N) is 1. The van der Waals surface area contributed by atoms with Crippen LogP contribution >= 0.6 is 0 Å². The lowest BCUT2D eigenvalue weighted by Crippen LogP contribution is -2.47. The Morgan fingerprint density at radius 3 is 2.73 bits per heavy atom. The molecule has 2 atom stereocenters. The number of nitrogens with one attached hydrogen (secondary N) is 1. The molecule has 1 heterocycles. The van der Waals surface area contributed by atoms with Crippen LogP contribution < -0.4 is 5.32 Å². The average Bonchev–Trinajstić information content (AvgIpc) is 2.14. The summed E-state index contributed by atoms with van der Waals surface area (Å²) in [4.78, 5) is 2.44. The molecule has 0 radical (unpaired) electrons. The smallest absolute Gasteiger partial charge is 0.0117 e. The second kappa shape index (κ2) is 6.49. The molecule has 0 aliphatic carbocycles. The molecule has 1 N–H and O–H groups in total. The van der Waals surface area contributed by atoms with Gasteiger partial charge in [0.1, 0.15) is 0 Å². The van der Waals surface area contributed by atoms with E-state index >= 15 is 0 Å². The van der Waals surface area contributed by atoms with Gasteiger partial charge in [0.2, 0.25) is 0 Å². The van der Waals surface area contributed by atoms with Gasteiger partial charge in [-0.25, -0.2) is 0 Å². The molecule has 15 heavy (non-hydrogen) atoms. The second-order valence-corrected chi connectivity index (χ2v) is 5.62. The van der Waals surface area contributed by atoms with Crippen LogP contribution in [0.3, 0.4) is 0 Å². The highest BCUT2D eigenvalue weighted by Gasteiger charge is 2.22. The molecule has 2 unspecified atom stereocenters. The first-order valence-corrected chi connectivity index (χ1v) is 6.51. The normalized spacial score (nSPS) is 28.6. The van der Waals surface area contributed by atoms with Crippen LogP contribution in [0.5, 0.6) is 0 Å². The minimum Gasteiger partial charge on any atom is -0.314 e. The molecule has 2 heteroatoms. The molecule has 0 aromatic heterocycles. The van der Waals surface area contributed by atoms with Crippen LogP contribution in [0.2, 0.25) is 0 Å². The topological polar surface area (TPSA) is 15.3 Å². The fraction of sp³-hybridized carbons (Fsp3) is 1.00. The molecule has 1 rings (SSSR count). The van der Waals surface area contributed by atoms with Crippen molar-refractivity contribution in [2.75, 3.05) is 26.7 Å². The Morgan fingerprint density at radius 1 is 1.40 bits per heavy atom. The average molecular weight is 212 g/mol. The summed E-state index contributed by atoms with van der Waals surface area (Å²) in [5, 5.41) is 3.72. The molecule has 0 amide bonds. The van der Waals surface area contributed by atoms with Gasteiger partial charge in [-0.3, -0.25) is 0 Å². The zero-order chi connectivity index (χ0) is 11.3. The Balaban J connectivity index is 2.10. The quantitative estimate of drug-likeness (QED) is 0.704. The molecule has 0 aromatic carbocycles. The molecule has 1 aliphatic rings. The van der Waals surface area contributed by atoms with E-state index in [2.05, 4.69) is 38.0 Å². The maximum atomic E-state index is 3.72. The van der Waals surface area contributed by atoms with Crippen LogP contribution in [0.4, 0.5) is 0 Å². The Hall–Kier alpha value is -0.0800. The van der Waals surface area contributed by atoms with E-state index in [-0.39, 0.29) is 0 Å². The third kappa shape index (κ3) is 4.98. The van der Waals surface area contributed by atoms with E-state index in [0.29, 0.717) is 0 Å². The van der Waals surface area contributed by atoms with Gasteiger partial charge in [0.15, 0.2) is 0 Å². The van der Waals surface area contributed by atoms with Gasteiger partial charge in [0.25, 0.3) is 0 Å². The summed E-state index contributed by atoms with van der Waals surface area (Å²) in [5.74, 6) is 1.66. The molecule has 1 saturated heterocycles. The minimum atomic E-state index is 0.758. The van der Waals surface area contributed by atoms with E-state index in [0.717, 1.165) is 17.9 Å². The first kappa shape index (κ1) is 13.0. The van der Waals surface area contributed by atoms with Crippen molar-refractivity contribution < 1.29 is 0 Å². The third-order valence-corrected chi connectivity index (χ3v) is 3.47. The molecule has 2 nitrogen and oxygen atoms in total. The van der Waals surface area contributed by atoms with Gasteiger partial charge >= 0.3 is 0 Å². The highest BCUT2D eigenvalue weighted by atomic mass is 15.1. The molecule has 1 fully saturated rings. The Morgan fingerprint density at radius 2 is 2.13 bits per heavy atom. The minimum absolute atomic E-state index is 0.758. The summed E-state index contributed by atoms with van der Waals surface area (Å²) in [6.45, 7) is 10.7. The molecule has 0 bridgehead atoms. The van der Waals surface area contributed by atoms with Crippen LogP contribution in [0.25, 0.3) is 0 Å². The Bertz CT molecular complexity index is 168. The van der Waals surface area contributed by atoms with Crippen LogP contribution in [0, 0.1) is 11.8 Å². The summed E-state index contributed by atoms with van der Waals surface area (Å²) in [6.07, 6.45) is 4.00. The van der Waals surface area contributed by atoms with E-state index in [1.165, 1.54) is 38.9 Å². The molecule has 90 valence electrons. The van der Waals surface area contributed by atoms with E-state index in [4.69, 9.17) is 0 Å². The van der Waals surface area contributed by atoms with Gasteiger partial charge in [-0.1, -0.05) is 20.8 Å². The monoisotopic (exact) mass is 212 g/mol. The zero-order valence-electron chi connectivity index (χ0n) is 10.9. The van der Waals surface area contributed by atoms with Gasteiger partial charge in [-0.2, -0.15) is 0 Å². The molecular formula is C13H28N2. The van der Waals surface area contributed by atoms with E-state index in [1.54, 1.807) is 0 Å². The van der Waals surface area contributed by atoms with Crippen molar-refractivity contribution in [1.82, 2.24) is 10.2 Å². The van der Waals surface area contributed by atoms with Crippen molar-refractivity contribution in [3.8, 4) is 0 Å². The number of rotatable bonds is 5. The Labute approximate surface area is 95.4 Å². The third-order valence-electron chi connectivity index (χ3n) is 3.47. The lowest BCUT2D eigenvalue weighted by molar-refractivity contribution is 0.174. The predicted octanol–water partition coefficient (Wildman–Crippen LogP) is 2.35. The first-order chi connectivity index (χ1) is 7.09. The van der Waals surface area contributed by atoms with Crippen LogP contribution in [0.15, 0.2) is 0 Å². The van der Waals surface area contributed by atoms with Gasteiger partial charge in [0, 0.05) is 12.6 Å². The lowest BCUT2D eigenvalue weighted by atomic mass is 9.94. The maximum Gasteiger partial charge on any atom is 0.0117 e. The van der Waals surface area contributed by atoms with Gasteiger partial charge < -0.3 is 10.2 Å². The fourth-order valence-corrected chi connectivity index (χ4v) is 2.46. The predicted molar refractivity (Wildman–Crippen MR) is 67.1 cm³/mol. The summed E-state index contributed by atoms with van der Waals surface area (Å²) >= 11 is 0.